The van der Waals surface area contributed by atoms with Gasteiger partial charge < -0.3 is 5.32 Å². The Morgan fingerprint density at radius 1 is 1.42 bits per heavy atom. The first-order chi connectivity index (χ1) is 5.58. The zero-order valence-corrected chi connectivity index (χ0v) is 9.54. The lowest BCUT2D eigenvalue weighted by Crippen LogP contribution is -2.46. The first kappa shape index (κ1) is 12.2. The highest BCUT2D eigenvalue weighted by Crippen LogP contribution is 2.16. The average Bonchev–Trinajstić information content (AvgIpc) is 2.05. The Hall–Kier alpha value is 0.250. The van der Waals surface area contributed by atoms with Gasteiger partial charge in [-0.15, -0.1) is 11.6 Å². The van der Waals surface area contributed by atoms with Crippen molar-refractivity contribution in [3.05, 3.63) is 0 Å². The van der Waals surface area contributed by atoms with Crippen LogP contribution in [0.5, 0.6) is 0 Å². The number of rotatable bonds is 6. The maximum absolute atomic E-state index is 5.75. The van der Waals surface area contributed by atoms with E-state index in [1.807, 2.05) is 0 Å². The van der Waals surface area contributed by atoms with Crippen molar-refractivity contribution in [2.24, 2.45) is 0 Å². The minimum absolute atomic E-state index is 0.233. The van der Waals surface area contributed by atoms with E-state index < -0.39 is 0 Å². The first-order valence-electron chi connectivity index (χ1n) is 4.91. The van der Waals surface area contributed by atoms with Crippen LogP contribution in [0, 0.1) is 0 Å². The van der Waals surface area contributed by atoms with Gasteiger partial charge in [-0.1, -0.05) is 13.8 Å². The number of nitrogens with one attached hydrogen (secondary N) is 1. The molecule has 0 amide bonds. The maximum Gasteiger partial charge on any atom is 0.0240 e. The minimum Gasteiger partial charge on any atom is -0.309 e. The molecule has 0 aliphatic rings. The highest BCUT2D eigenvalue weighted by Gasteiger charge is 2.21. The van der Waals surface area contributed by atoms with Crippen molar-refractivity contribution in [1.82, 2.24) is 5.32 Å². The second-order valence-corrected chi connectivity index (χ2v) is 4.18. The lowest BCUT2D eigenvalue weighted by atomic mass is 9.94. The second-order valence-electron chi connectivity index (χ2n) is 3.81. The van der Waals surface area contributed by atoms with E-state index in [0.717, 1.165) is 18.7 Å². The SMILES string of the molecule is CCC(C)NC(C)(CC)CCCl. The van der Waals surface area contributed by atoms with Crippen LogP contribution in [0.2, 0.25) is 0 Å². The summed E-state index contributed by atoms with van der Waals surface area (Å²) < 4.78 is 0. The average molecular weight is 192 g/mol. The van der Waals surface area contributed by atoms with Crippen molar-refractivity contribution >= 4 is 11.6 Å². The monoisotopic (exact) mass is 191 g/mol. The summed E-state index contributed by atoms with van der Waals surface area (Å²) in [5.41, 5.74) is 0.233. The molecule has 12 heavy (non-hydrogen) atoms. The van der Waals surface area contributed by atoms with Crippen molar-refractivity contribution < 1.29 is 0 Å². The molecule has 0 saturated carbocycles. The van der Waals surface area contributed by atoms with Crippen LogP contribution in [0.4, 0.5) is 0 Å². The van der Waals surface area contributed by atoms with Crippen LogP contribution in [-0.2, 0) is 0 Å². The molecule has 0 spiro atoms. The van der Waals surface area contributed by atoms with Crippen LogP contribution in [-0.4, -0.2) is 17.5 Å². The zero-order chi connectivity index (χ0) is 9.61. The third-order valence-electron chi connectivity index (χ3n) is 2.63. The minimum atomic E-state index is 0.233. The molecule has 2 heteroatoms. The van der Waals surface area contributed by atoms with E-state index in [9.17, 15) is 0 Å². The van der Waals surface area contributed by atoms with E-state index in [-0.39, 0.29) is 5.54 Å². The van der Waals surface area contributed by atoms with Gasteiger partial charge in [-0.2, -0.15) is 0 Å². The Morgan fingerprint density at radius 3 is 2.33 bits per heavy atom. The van der Waals surface area contributed by atoms with Crippen molar-refractivity contribution in [1.29, 1.82) is 0 Å². The van der Waals surface area contributed by atoms with Gasteiger partial charge in [0.25, 0.3) is 0 Å². The van der Waals surface area contributed by atoms with Gasteiger partial charge in [-0.3, -0.25) is 0 Å². The van der Waals surface area contributed by atoms with Crippen LogP contribution in [0.25, 0.3) is 0 Å². The van der Waals surface area contributed by atoms with Gasteiger partial charge >= 0.3 is 0 Å². The molecule has 1 N–H and O–H groups in total. The summed E-state index contributed by atoms with van der Waals surface area (Å²) in [6, 6.07) is 0.596. The van der Waals surface area contributed by atoms with Gasteiger partial charge in [-0.05, 0) is 33.1 Å². The predicted octanol–water partition coefficient (Wildman–Crippen LogP) is 3.17. The predicted molar refractivity (Wildman–Crippen MR) is 56.9 cm³/mol. The van der Waals surface area contributed by atoms with E-state index in [2.05, 4.69) is 33.0 Å². The van der Waals surface area contributed by atoms with Crippen LogP contribution >= 0.6 is 11.6 Å². The van der Waals surface area contributed by atoms with Gasteiger partial charge in [0.2, 0.25) is 0 Å². The lowest BCUT2D eigenvalue weighted by molar-refractivity contribution is 0.295. The molecule has 0 heterocycles. The van der Waals surface area contributed by atoms with E-state index in [1.165, 1.54) is 6.42 Å². The van der Waals surface area contributed by atoms with Crippen LogP contribution in [0.3, 0.4) is 0 Å². The fraction of sp³-hybridized carbons (Fsp3) is 1.00. The van der Waals surface area contributed by atoms with E-state index in [4.69, 9.17) is 11.6 Å². The molecule has 0 fully saturated rings. The topological polar surface area (TPSA) is 12.0 Å². The van der Waals surface area contributed by atoms with Gasteiger partial charge in [0.1, 0.15) is 0 Å². The Bertz CT molecular complexity index is 116. The summed E-state index contributed by atoms with van der Waals surface area (Å²) in [5, 5.41) is 3.61. The molecule has 0 radical (unpaired) electrons. The van der Waals surface area contributed by atoms with Crippen molar-refractivity contribution in [3.8, 4) is 0 Å². The molecule has 0 aromatic carbocycles. The summed E-state index contributed by atoms with van der Waals surface area (Å²) in [6.07, 6.45) is 3.37. The molecular formula is C10H22ClN. The third-order valence-corrected chi connectivity index (χ3v) is 2.82. The van der Waals surface area contributed by atoms with E-state index in [1.54, 1.807) is 0 Å². The van der Waals surface area contributed by atoms with Gasteiger partial charge in [0, 0.05) is 17.5 Å². The fourth-order valence-electron chi connectivity index (χ4n) is 1.26. The molecule has 1 nitrogen and oxygen atoms in total. The lowest BCUT2D eigenvalue weighted by Gasteiger charge is -2.32. The summed E-state index contributed by atoms with van der Waals surface area (Å²) >= 11 is 5.75. The smallest absolute Gasteiger partial charge is 0.0240 e. The Kier molecular flexibility index (Phi) is 5.94. The molecule has 0 rings (SSSR count). The summed E-state index contributed by atoms with van der Waals surface area (Å²) in [4.78, 5) is 0. The molecular weight excluding hydrogens is 170 g/mol. The van der Waals surface area contributed by atoms with Crippen molar-refractivity contribution in [2.75, 3.05) is 5.88 Å². The number of alkyl halides is 1. The van der Waals surface area contributed by atoms with Gasteiger partial charge in [-0.25, -0.2) is 0 Å². The standard InChI is InChI=1S/C10H22ClN/c1-5-9(3)12-10(4,6-2)7-8-11/h9,12H,5-8H2,1-4H3. The molecule has 0 saturated heterocycles. The van der Waals surface area contributed by atoms with Crippen LogP contribution in [0.15, 0.2) is 0 Å². The molecule has 2 atom stereocenters. The van der Waals surface area contributed by atoms with Crippen molar-refractivity contribution in [3.63, 3.8) is 0 Å². The Labute approximate surface area is 81.9 Å². The van der Waals surface area contributed by atoms with Crippen LogP contribution in [0.1, 0.15) is 47.0 Å². The largest absolute Gasteiger partial charge is 0.309 e. The molecule has 0 aromatic rings. The first-order valence-corrected chi connectivity index (χ1v) is 5.45. The third kappa shape index (κ3) is 4.32. The number of hydrogen-bond acceptors (Lipinski definition) is 1. The van der Waals surface area contributed by atoms with E-state index >= 15 is 0 Å². The number of halogens is 1. The highest BCUT2D eigenvalue weighted by atomic mass is 35.5. The normalized spacial score (nSPS) is 18.8. The summed E-state index contributed by atoms with van der Waals surface area (Å²) in [5.74, 6) is 0.744. The Morgan fingerprint density at radius 2 is 2.00 bits per heavy atom. The summed E-state index contributed by atoms with van der Waals surface area (Å²) in [6.45, 7) is 8.89. The summed E-state index contributed by atoms with van der Waals surface area (Å²) in [7, 11) is 0. The molecule has 0 aliphatic heterocycles. The highest BCUT2D eigenvalue weighted by molar-refractivity contribution is 6.17. The quantitative estimate of drug-likeness (QED) is 0.636. The molecule has 0 bridgehead atoms. The van der Waals surface area contributed by atoms with E-state index in [0.29, 0.717) is 6.04 Å². The van der Waals surface area contributed by atoms with Crippen molar-refractivity contribution in [2.45, 2.75) is 58.5 Å². The number of hydrogen-bond donors (Lipinski definition) is 1. The molecule has 74 valence electrons. The molecule has 0 aliphatic carbocycles. The van der Waals surface area contributed by atoms with Crippen LogP contribution < -0.4 is 5.32 Å². The Balaban J connectivity index is 3.94. The fourth-order valence-corrected chi connectivity index (χ4v) is 1.67. The zero-order valence-electron chi connectivity index (χ0n) is 8.78. The van der Waals surface area contributed by atoms with Gasteiger partial charge in [0.05, 0.1) is 0 Å². The molecule has 2 unspecified atom stereocenters. The maximum atomic E-state index is 5.75. The molecule has 0 aromatic heterocycles. The van der Waals surface area contributed by atoms with Gasteiger partial charge in [0.15, 0.2) is 0 Å². The second kappa shape index (κ2) is 5.82.